The summed E-state index contributed by atoms with van der Waals surface area (Å²) in [6, 6.07) is 1.90. The minimum Gasteiger partial charge on any atom is -0.359 e. The fraction of sp³-hybridized carbons (Fsp3) is 0.571. The molecule has 118 valence electrons. The molecule has 2 fully saturated rings. The molecule has 8 heteroatoms. The van der Waals surface area contributed by atoms with Crippen molar-refractivity contribution in [2.24, 2.45) is 13.0 Å². The van der Waals surface area contributed by atoms with Gasteiger partial charge in [0.25, 0.3) is 0 Å². The molecular weight excluding hydrogens is 304 g/mol. The van der Waals surface area contributed by atoms with Crippen LogP contribution < -0.4 is 0 Å². The van der Waals surface area contributed by atoms with Gasteiger partial charge in [-0.3, -0.25) is 9.58 Å². The third-order valence-corrected chi connectivity index (χ3v) is 6.89. The van der Waals surface area contributed by atoms with Gasteiger partial charge < -0.3 is 4.52 Å². The molecule has 0 bridgehead atoms. The SMILES string of the molecule is Cn1cc(-c2cc(CN3C[C@@H]4CCS(=O)(=O)[C@@H]4C3)on2)cn1. The van der Waals surface area contributed by atoms with Gasteiger partial charge in [-0.15, -0.1) is 0 Å². The monoisotopic (exact) mass is 322 g/mol. The normalized spacial score (nSPS) is 27.3. The summed E-state index contributed by atoms with van der Waals surface area (Å²) < 4.78 is 31.0. The van der Waals surface area contributed by atoms with Crippen molar-refractivity contribution in [1.29, 1.82) is 0 Å². The van der Waals surface area contributed by atoms with Crippen LogP contribution in [0.5, 0.6) is 0 Å². The molecule has 0 aromatic carbocycles. The van der Waals surface area contributed by atoms with Crippen LogP contribution in [0.4, 0.5) is 0 Å². The zero-order chi connectivity index (χ0) is 15.3. The molecule has 0 spiro atoms. The molecule has 4 heterocycles. The summed E-state index contributed by atoms with van der Waals surface area (Å²) in [6.07, 6.45) is 4.42. The van der Waals surface area contributed by atoms with E-state index in [0.29, 0.717) is 18.8 Å². The Bertz CT molecular complexity index is 795. The lowest BCUT2D eigenvalue weighted by atomic mass is 10.1. The summed E-state index contributed by atoms with van der Waals surface area (Å²) in [5.74, 6) is 1.39. The Labute approximate surface area is 128 Å². The van der Waals surface area contributed by atoms with Gasteiger partial charge in [-0.1, -0.05) is 5.16 Å². The van der Waals surface area contributed by atoms with E-state index in [9.17, 15) is 8.42 Å². The predicted octanol–water partition coefficient (Wildman–Crippen LogP) is 0.694. The van der Waals surface area contributed by atoms with Crippen LogP contribution in [0.1, 0.15) is 12.2 Å². The first kappa shape index (κ1) is 14.0. The first-order chi connectivity index (χ1) is 10.5. The molecule has 2 aliphatic rings. The van der Waals surface area contributed by atoms with Crippen LogP contribution in [0, 0.1) is 5.92 Å². The number of aromatic nitrogens is 3. The standard InChI is InChI=1S/C14H18N4O3S/c1-17-6-11(5-15-17)13-4-12(21-16-13)8-18-7-10-2-3-22(19,20)14(10)9-18/h4-6,10,14H,2-3,7-9H2,1H3/t10-,14+/m0/s1. The molecule has 0 N–H and O–H groups in total. The van der Waals surface area contributed by atoms with Gasteiger partial charge in [0.1, 0.15) is 5.69 Å². The van der Waals surface area contributed by atoms with Crippen molar-refractivity contribution < 1.29 is 12.9 Å². The van der Waals surface area contributed by atoms with Crippen LogP contribution in [-0.2, 0) is 23.4 Å². The fourth-order valence-corrected chi connectivity index (χ4v) is 5.69. The lowest BCUT2D eigenvalue weighted by Crippen LogP contribution is -2.26. The van der Waals surface area contributed by atoms with Crippen molar-refractivity contribution in [3.05, 3.63) is 24.2 Å². The average molecular weight is 322 g/mol. The number of hydrogen-bond donors (Lipinski definition) is 0. The molecule has 2 aliphatic heterocycles. The number of hydrogen-bond acceptors (Lipinski definition) is 6. The highest BCUT2D eigenvalue weighted by Gasteiger charge is 2.46. The molecule has 2 aromatic heterocycles. The van der Waals surface area contributed by atoms with Crippen LogP contribution in [0.2, 0.25) is 0 Å². The lowest BCUT2D eigenvalue weighted by molar-refractivity contribution is 0.265. The molecule has 7 nitrogen and oxygen atoms in total. The van der Waals surface area contributed by atoms with Gasteiger partial charge >= 0.3 is 0 Å². The zero-order valence-corrected chi connectivity index (χ0v) is 13.2. The van der Waals surface area contributed by atoms with Crippen molar-refractivity contribution in [1.82, 2.24) is 19.8 Å². The van der Waals surface area contributed by atoms with E-state index in [1.165, 1.54) is 0 Å². The van der Waals surface area contributed by atoms with Gasteiger partial charge in [0.2, 0.25) is 0 Å². The van der Waals surface area contributed by atoms with Gasteiger partial charge in [-0.25, -0.2) is 8.42 Å². The average Bonchev–Trinajstić information content (AvgIpc) is 3.19. The molecule has 2 saturated heterocycles. The van der Waals surface area contributed by atoms with E-state index < -0.39 is 9.84 Å². The molecule has 2 atom stereocenters. The second-order valence-electron chi connectivity index (χ2n) is 6.23. The molecule has 4 rings (SSSR count). The number of aryl methyl sites for hydroxylation is 1. The Hall–Kier alpha value is -1.67. The summed E-state index contributed by atoms with van der Waals surface area (Å²) in [6.45, 7) is 2.04. The lowest BCUT2D eigenvalue weighted by Gasteiger charge is -2.13. The van der Waals surface area contributed by atoms with Gasteiger partial charge in [0, 0.05) is 38.0 Å². The number of likely N-dealkylation sites (tertiary alicyclic amines) is 1. The Morgan fingerprint density at radius 2 is 2.27 bits per heavy atom. The third-order valence-electron chi connectivity index (χ3n) is 4.63. The summed E-state index contributed by atoms with van der Waals surface area (Å²) in [4.78, 5) is 2.15. The van der Waals surface area contributed by atoms with E-state index in [1.54, 1.807) is 10.9 Å². The highest BCUT2D eigenvalue weighted by Crippen LogP contribution is 2.34. The van der Waals surface area contributed by atoms with Crippen LogP contribution >= 0.6 is 0 Å². The molecule has 0 saturated carbocycles. The van der Waals surface area contributed by atoms with E-state index >= 15 is 0 Å². The first-order valence-electron chi connectivity index (χ1n) is 7.40. The zero-order valence-electron chi connectivity index (χ0n) is 12.3. The first-order valence-corrected chi connectivity index (χ1v) is 9.11. The molecule has 22 heavy (non-hydrogen) atoms. The molecular formula is C14H18N4O3S. The second kappa shape index (κ2) is 4.92. The second-order valence-corrected chi connectivity index (χ2v) is 8.57. The topological polar surface area (TPSA) is 81.2 Å². The maximum Gasteiger partial charge on any atom is 0.154 e. The third kappa shape index (κ3) is 2.36. The van der Waals surface area contributed by atoms with Crippen molar-refractivity contribution in [2.45, 2.75) is 18.2 Å². The molecule has 0 amide bonds. The van der Waals surface area contributed by atoms with E-state index in [4.69, 9.17) is 4.52 Å². The molecule has 2 aromatic rings. The maximum absolute atomic E-state index is 12.0. The minimum absolute atomic E-state index is 0.187. The molecule has 0 unspecified atom stereocenters. The predicted molar refractivity (Wildman–Crippen MR) is 79.7 cm³/mol. The Morgan fingerprint density at radius 3 is 3.00 bits per heavy atom. The Balaban J connectivity index is 1.46. The van der Waals surface area contributed by atoms with Gasteiger partial charge in [-0.2, -0.15) is 5.10 Å². The summed E-state index contributed by atoms with van der Waals surface area (Å²) in [5.41, 5.74) is 1.67. The Morgan fingerprint density at radius 1 is 1.41 bits per heavy atom. The molecule has 0 aliphatic carbocycles. The van der Waals surface area contributed by atoms with Crippen LogP contribution in [0.3, 0.4) is 0 Å². The van der Waals surface area contributed by atoms with Crippen LogP contribution in [-0.4, -0.2) is 52.3 Å². The summed E-state index contributed by atoms with van der Waals surface area (Å²) in [7, 11) is -1.03. The largest absolute Gasteiger partial charge is 0.359 e. The van der Waals surface area contributed by atoms with Crippen molar-refractivity contribution in [2.75, 3.05) is 18.8 Å². The van der Waals surface area contributed by atoms with Gasteiger partial charge in [0.15, 0.2) is 15.6 Å². The van der Waals surface area contributed by atoms with E-state index in [1.807, 2.05) is 19.3 Å². The van der Waals surface area contributed by atoms with Gasteiger partial charge in [0.05, 0.1) is 23.7 Å². The van der Waals surface area contributed by atoms with Crippen LogP contribution in [0.25, 0.3) is 11.3 Å². The quantitative estimate of drug-likeness (QED) is 0.827. The Kier molecular flexibility index (Phi) is 3.12. The maximum atomic E-state index is 12.0. The van der Waals surface area contributed by atoms with Gasteiger partial charge in [-0.05, 0) is 12.3 Å². The van der Waals surface area contributed by atoms with E-state index in [0.717, 1.165) is 30.0 Å². The minimum atomic E-state index is -2.88. The van der Waals surface area contributed by atoms with Crippen molar-refractivity contribution >= 4 is 9.84 Å². The molecule has 0 radical (unpaired) electrons. The van der Waals surface area contributed by atoms with Crippen molar-refractivity contribution in [3.63, 3.8) is 0 Å². The fourth-order valence-electron chi connectivity index (χ4n) is 3.50. The van der Waals surface area contributed by atoms with E-state index in [2.05, 4.69) is 15.2 Å². The number of rotatable bonds is 3. The highest BCUT2D eigenvalue weighted by molar-refractivity contribution is 7.92. The number of sulfone groups is 1. The number of nitrogens with zero attached hydrogens (tertiary/aromatic N) is 4. The van der Waals surface area contributed by atoms with E-state index in [-0.39, 0.29) is 11.2 Å². The van der Waals surface area contributed by atoms with Crippen LogP contribution in [0.15, 0.2) is 23.0 Å². The smallest absolute Gasteiger partial charge is 0.154 e. The summed E-state index contributed by atoms with van der Waals surface area (Å²) >= 11 is 0. The number of fused-ring (bicyclic) bond motifs is 1. The highest BCUT2D eigenvalue weighted by atomic mass is 32.2. The summed E-state index contributed by atoms with van der Waals surface area (Å²) in [5, 5.41) is 8.00. The van der Waals surface area contributed by atoms with Crippen molar-refractivity contribution in [3.8, 4) is 11.3 Å².